The number of ether oxygens (including phenoxy) is 1. The molecule has 0 aromatic heterocycles. The molecule has 0 rings (SSSR count). The van der Waals surface area contributed by atoms with Gasteiger partial charge in [0.1, 0.15) is 5.54 Å². The van der Waals surface area contributed by atoms with E-state index in [1.807, 2.05) is 0 Å². The maximum absolute atomic E-state index is 11.1. The minimum Gasteiger partial charge on any atom is -0.480 e. The molecule has 0 aromatic rings. The second-order valence-electron chi connectivity index (χ2n) is 4.01. The molecule has 90 valence electrons. The second kappa shape index (κ2) is 7.65. The predicted molar refractivity (Wildman–Crippen MR) is 60.1 cm³/mol. The van der Waals surface area contributed by atoms with Gasteiger partial charge in [-0.25, -0.2) is 0 Å². The number of carbonyl (C=O) groups is 1. The van der Waals surface area contributed by atoms with E-state index in [-0.39, 0.29) is 0 Å². The van der Waals surface area contributed by atoms with E-state index in [0.717, 1.165) is 19.3 Å². The molecule has 4 heteroatoms. The van der Waals surface area contributed by atoms with Gasteiger partial charge in [-0.05, 0) is 13.3 Å². The molecule has 0 aliphatic rings. The Hall–Kier alpha value is -0.610. The molecule has 0 fully saturated rings. The molecule has 0 bridgehead atoms. The number of methoxy groups -OCH3 is 1. The van der Waals surface area contributed by atoms with Gasteiger partial charge in [-0.3, -0.25) is 10.1 Å². The maximum Gasteiger partial charge on any atom is 0.323 e. The van der Waals surface area contributed by atoms with Gasteiger partial charge in [-0.15, -0.1) is 0 Å². The minimum absolute atomic E-state index is 0.538. The molecule has 15 heavy (non-hydrogen) atoms. The van der Waals surface area contributed by atoms with Crippen LogP contribution in [0, 0.1) is 0 Å². The average molecular weight is 217 g/mol. The van der Waals surface area contributed by atoms with E-state index in [1.54, 1.807) is 14.0 Å². The number of carboxylic acid groups (broad SMARTS) is 1. The van der Waals surface area contributed by atoms with Gasteiger partial charge in [0.2, 0.25) is 0 Å². The van der Waals surface area contributed by atoms with Gasteiger partial charge in [0.25, 0.3) is 0 Å². The number of nitrogens with one attached hydrogen (secondary N) is 1. The summed E-state index contributed by atoms with van der Waals surface area (Å²) in [6.45, 7) is 4.96. The van der Waals surface area contributed by atoms with E-state index >= 15 is 0 Å². The zero-order chi connectivity index (χ0) is 11.7. The van der Waals surface area contributed by atoms with Crippen molar-refractivity contribution in [3.8, 4) is 0 Å². The highest BCUT2D eigenvalue weighted by molar-refractivity contribution is 5.78. The Kier molecular flexibility index (Phi) is 7.34. The number of unbranched alkanes of at least 4 members (excludes halogenated alkanes) is 2. The van der Waals surface area contributed by atoms with Crippen molar-refractivity contribution in [2.75, 3.05) is 20.3 Å². The lowest BCUT2D eigenvalue weighted by molar-refractivity contribution is -0.144. The minimum atomic E-state index is -0.812. The molecular formula is C11H23NO3. The lowest BCUT2D eigenvalue weighted by atomic mass is 9.94. The van der Waals surface area contributed by atoms with E-state index in [1.165, 1.54) is 0 Å². The predicted octanol–water partition coefficient (Wildman–Crippen LogP) is 1.65. The quantitative estimate of drug-likeness (QED) is 0.576. The molecular weight excluding hydrogens is 194 g/mol. The first-order valence-electron chi connectivity index (χ1n) is 5.54. The average Bonchev–Trinajstić information content (AvgIpc) is 2.18. The topological polar surface area (TPSA) is 58.6 Å². The van der Waals surface area contributed by atoms with Crippen molar-refractivity contribution in [3.05, 3.63) is 0 Å². The van der Waals surface area contributed by atoms with Crippen LogP contribution in [0.5, 0.6) is 0 Å². The van der Waals surface area contributed by atoms with Crippen molar-refractivity contribution in [3.63, 3.8) is 0 Å². The number of aliphatic carboxylic acids is 1. The third-order valence-corrected chi connectivity index (χ3v) is 2.57. The third kappa shape index (κ3) is 5.74. The highest BCUT2D eigenvalue weighted by atomic mass is 16.5. The Morgan fingerprint density at radius 3 is 2.60 bits per heavy atom. The van der Waals surface area contributed by atoms with Crippen molar-refractivity contribution in [1.82, 2.24) is 5.32 Å². The summed E-state index contributed by atoms with van der Waals surface area (Å²) in [7, 11) is 1.61. The summed E-state index contributed by atoms with van der Waals surface area (Å²) < 4.78 is 4.89. The van der Waals surface area contributed by atoms with Gasteiger partial charge in [-0.2, -0.15) is 0 Å². The van der Waals surface area contributed by atoms with Gasteiger partial charge in [-0.1, -0.05) is 26.2 Å². The Balaban J connectivity index is 4.01. The van der Waals surface area contributed by atoms with E-state index in [0.29, 0.717) is 19.6 Å². The SMILES string of the molecule is CCCCCC(C)(NCCOC)C(=O)O. The third-order valence-electron chi connectivity index (χ3n) is 2.57. The second-order valence-corrected chi connectivity index (χ2v) is 4.01. The Bertz CT molecular complexity index is 173. The Morgan fingerprint density at radius 1 is 1.47 bits per heavy atom. The molecule has 1 atom stereocenters. The monoisotopic (exact) mass is 217 g/mol. The van der Waals surface area contributed by atoms with Crippen LogP contribution >= 0.6 is 0 Å². The van der Waals surface area contributed by atoms with Crippen LogP contribution in [0.4, 0.5) is 0 Å². The molecule has 0 saturated heterocycles. The first kappa shape index (κ1) is 14.4. The summed E-state index contributed by atoms with van der Waals surface area (Å²) >= 11 is 0. The molecule has 0 radical (unpaired) electrons. The fraction of sp³-hybridized carbons (Fsp3) is 0.909. The van der Waals surface area contributed by atoms with Crippen LogP contribution in [0.15, 0.2) is 0 Å². The van der Waals surface area contributed by atoms with Crippen molar-refractivity contribution < 1.29 is 14.6 Å². The Morgan fingerprint density at radius 2 is 2.13 bits per heavy atom. The Labute approximate surface area is 92.0 Å². The molecule has 0 aromatic carbocycles. The van der Waals surface area contributed by atoms with E-state index < -0.39 is 11.5 Å². The number of hydrogen-bond acceptors (Lipinski definition) is 3. The van der Waals surface area contributed by atoms with Gasteiger partial charge in [0, 0.05) is 13.7 Å². The highest BCUT2D eigenvalue weighted by Gasteiger charge is 2.31. The van der Waals surface area contributed by atoms with Gasteiger partial charge >= 0.3 is 5.97 Å². The lowest BCUT2D eigenvalue weighted by Gasteiger charge is -2.26. The molecule has 0 aliphatic carbocycles. The van der Waals surface area contributed by atoms with E-state index in [2.05, 4.69) is 12.2 Å². The first-order valence-corrected chi connectivity index (χ1v) is 5.54. The van der Waals surface area contributed by atoms with Crippen LogP contribution < -0.4 is 5.32 Å². The summed E-state index contributed by atoms with van der Waals surface area (Å²) in [6.07, 6.45) is 3.79. The fourth-order valence-corrected chi connectivity index (χ4v) is 1.43. The van der Waals surface area contributed by atoms with E-state index in [4.69, 9.17) is 9.84 Å². The van der Waals surface area contributed by atoms with Crippen molar-refractivity contribution >= 4 is 5.97 Å². The molecule has 0 aliphatic heterocycles. The molecule has 0 saturated carbocycles. The fourth-order valence-electron chi connectivity index (χ4n) is 1.43. The van der Waals surface area contributed by atoms with Crippen molar-refractivity contribution in [2.24, 2.45) is 0 Å². The molecule has 0 spiro atoms. The summed E-state index contributed by atoms with van der Waals surface area (Å²) in [5, 5.41) is 12.2. The van der Waals surface area contributed by atoms with Crippen molar-refractivity contribution in [2.45, 2.75) is 45.1 Å². The highest BCUT2D eigenvalue weighted by Crippen LogP contribution is 2.14. The zero-order valence-electron chi connectivity index (χ0n) is 10.0. The van der Waals surface area contributed by atoms with Crippen LogP contribution in [-0.2, 0) is 9.53 Å². The van der Waals surface area contributed by atoms with Crippen LogP contribution in [-0.4, -0.2) is 36.9 Å². The largest absolute Gasteiger partial charge is 0.480 e. The molecule has 0 amide bonds. The maximum atomic E-state index is 11.1. The van der Waals surface area contributed by atoms with Crippen LogP contribution in [0.1, 0.15) is 39.5 Å². The summed E-state index contributed by atoms with van der Waals surface area (Å²) in [6, 6.07) is 0. The number of carboxylic acids is 1. The van der Waals surface area contributed by atoms with Crippen LogP contribution in [0.25, 0.3) is 0 Å². The van der Waals surface area contributed by atoms with Crippen molar-refractivity contribution in [1.29, 1.82) is 0 Å². The zero-order valence-corrected chi connectivity index (χ0v) is 10.0. The number of hydrogen-bond donors (Lipinski definition) is 2. The summed E-state index contributed by atoms with van der Waals surface area (Å²) in [5.74, 6) is -0.783. The standard InChI is InChI=1S/C11H23NO3/c1-4-5-6-7-11(2,10(13)14)12-8-9-15-3/h12H,4-9H2,1-3H3,(H,13,14). The van der Waals surface area contributed by atoms with Gasteiger partial charge in [0.05, 0.1) is 6.61 Å². The lowest BCUT2D eigenvalue weighted by Crippen LogP contribution is -2.50. The summed E-state index contributed by atoms with van der Waals surface area (Å²) in [5.41, 5.74) is -0.812. The molecule has 2 N–H and O–H groups in total. The first-order chi connectivity index (χ1) is 7.06. The number of rotatable bonds is 9. The van der Waals surface area contributed by atoms with E-state index in [9.17, 15) is 4.79 Å². The molecule has 4 nitrogen and oxygen atoms in total. The smallest absolute Gasteiger partial charge is 0.323 e. The van der Waals surface area contributed by atoms with Gasteiger partial charge in [0.15, 0.2) is 0 Å². The van der Waals surface area contributed by atoms with Gasteiger partial charge < -0.3 is 9.84 Å². The van der Waals surface area contributed by atoms with Crippen LogP contribution in [0.3, 0.4) is 0 Å². The van der Waals surface area contributed by atoms with Crippen LogP contribution in [0.2, 0.25) is 0 Å². The molecule has 1 unspecified atom stereocenters. The normalized spacial score (nSPS) is 14.9. The summed E-state index contributed by atoms with van der Waals surface area (Å²) in [4.78, 5) is 11.1. The molecule has 0 heterocycles.